The lowest BCUT2D eigenvalue weighted by Gasteiger charge is -2.35. The first kappa shape index (κ1) is 12.1. The number of hydrogen-bond donors (Lipinski definition) is 3. The Bertz CT molecular complexity index is 377. The van der Waals surface area contributed by atoms with E-state index in [-0.39, 0.29) is 5.91 Å². The summed E-state index contributed by atoms with van der Waals surface area (Å²) in [5.74, 6) is 0.338. The molecule has 1 saturated carbocycles. The summed E-state index contributed by atoms with van der Waals surface area (Å²) in [6.45, 7) is 2.46. The summed E-state index contributed by atoms with van der Waals surface area (Å²) in [7, 11) is 0. The van der Waals surface area contributed by atoms with Crippen molar-refractivity contribution in [2.45, 2.75) is 38.2 Å². The number of hydrogen-bond acceptors (Lipinski definition) is 3. The summed E-state index contributed by atoms with van der Waals surface area (Å²) in [5, 5.41) is 19.4. The molecule has 0 bridgehead atoms. The number of rotatable bonds is 3. The zero-order valence-corrected chi connectivity index (χ0v) is 10.1. The van der Waals surface area contributed by atoms with Crippen LogP contribution in [0.3, 0.4) is 0 Å². The first-order valence-corrected chi connectivity index (χ1v) is 6.08. The highest BCUT2D eigenvalue weighted by Crippen LogP contribution is 2.31. The van der Waals surface area contributed by atoms with Gasteiger partial charge in [-0.05, 0) is 18.8 Å². The molecule has 2 atom stereocenters. The van der Waals surface area contributed by atoms with Gasteiger partial charge in [-0.3, -0.25) is 9.89 Å². The van der Waals surface area contributed by atoms with Crippen molar-refractivity contribution in [1.82, 2.24) is 15.5 Å². The van der Waals surface area contributed by atoms with Crippen molar-refractivity contribution < 1.29 is 9.90 Å². The van der Waals surface area contributed by atoms with E-state index in [1.165, 1.54) is 6.20 Å². The highest BCUT2D eigenvalue weighted by Gasteiger charge is 2.32. The van der Waals surface area contributed by atoms with E-state index >= 15 is 0 Å². The SMILES string of the molecule is CC1CCCC(O)(CNC(=O)c2cn[nH]c2)C1. The second-order valence-corrected chi connectivity index (χ2v) is 5.10. The number of aromatic nitrogens is 2. The van der Waals surface area contributed by atoms with Crippen molar-refractivity contribution in [3.05, 3.63) is 18.0 Å². The van der Waals surface area contributed by atoms with Gasteiger partial charge in [0, 0.05) is 12.7 Å². The van der Waals surface area contributed by atoms with E-state index in [1.54, 1.807) is 6.20 Å². The van der Waals surface area contributed by atoms with E-state index in [9.17, 15) is 9.90 Å². The van der Waals surface area contributed by atoms with E-state index < -0.39 is 5.60 Å². The highest BCUT2D eigenvalue weighted by molar-refractivity contribution is 5.93. The molecule has 3 N–H and O–H groups in total. The van der Waals surface area contributed by atoms with Gasteiger partial charge in [-0.25, -0.2) is 0 Å². The van der Waals surface area contributed by atoms with Gasteiger partial charge in [0.1, 0.15) is 0 Å². The fourth-order valence-corrected chi connectivity index (χ4v) is 2.51. The number of aliphatic hydroxyl groups is 1. The predicted octanol–water partition coefficient (Wildman–Crippen LogP) is 1.08. The maximum atomic E-state index is 11.7. The van der Waals surface area contributed by atoms with Crippen molar-refractivity contribution in [2.75, 3.05) is 6.54 Å². The Morgan fingerprint density at radius 2 is 2.59 bits per heavy atom. The Hall–Kier alpha value is -1.36. The van der Waals surface area contributed by atoms with E-state index in [1.807, 2.05) is 0 Å². The third-order valence-electron chi connectivity index (χ3n) is 3.41. The minimum absolute atomic E-state index is 0.189. The van der Waals surface area contributed by atoms with Crippen LogP contribution in [0.25, 0.3) is 0 Å². The maximum Gasteiger partial charge on any atom is 0.254 e. The van der Waals surface area contributed by atoms with Crippen LogP contribution < -0.4 is 5.32 Å². The Labute approximate surface area is 101 Å². The molecule has 0 aromatic carbocycles. The van der Waals surface area contributed by atoms with Crippen LogP contribution >= 0.6 is 0 Å². The molecule has 0 spiro atoms. The number of aromatic amines is 1. The molecule has 0 radical (unpaired) electrons. The molecule has 1 fully saturated rings. The van der Waals surface area contributed by atoms with E-state index in [0.29, 0.717) is 18.0 Å². The molecule has 1 aromatic rings. The molecule has 5 heteroatoms. The Morgan fingerprint density at radius 1 is 1.76 bits per heavy atom. The molecule has 5 nitrogen and oxygen atoms in total. The zero-order chi connectivity index (χ0) is 12.3. The minimum Gasteiger partial charge on any atom is -0.388 e. The van der Waals surface area contributed by atoms with Crippen LogP contribution in [0.1, 0.15) is 43.0 Å². The van der Waals surface area contributed by atoms with E-state index in [0.717, 1.165) is 25.7 Å². The van der Waals surface area contributed by atoms with E-state index in [2.05, 4.69) is 22.4 Å². The van der Waals surface area contributed by atoms with Crippen molar-refractivity contribution in [3.63, 3.8) is 0 Å². The quantitative estimate of drug-likeness (QED) is 0.736. The summed E-state index contributed by atoms with van der Waals surface area (Å²) in [4.78, 5) is 11.7. The maximum absolute atomic E-state index is 11.7. The molecular formula is C12H19N3O2. The molecule has 94 valence electrons. The van der Waals surface area contributed by atoms with Gasteiger partial charge < -0.3 is 10.4 Å². The van der Waals surface area contributed by atoms with Crippen LogP contribution in [0.2, 0.25) is 0 Å². The van der Waals surface area contributed by atoms with Crippen LogP contribution in [-0.4, -0.2) is 33.4 Å². The lowest BCUT2D eigenvalue weighted by Crippen LogP contribution is -2.45. The van der Waals surface area contributed by atoms with Crippen LogP contribution in [0.4, 0.5) is 0 Å². The highest BCUT2D eigenvalue weighted by atomic mass is 16.3. The lowest BCUT2D eigenvalue weighted by atomic mass is 9.79. The van der Waals surface area contributed by atoms with Gasteiger partial charge in [0.15, 0.2) is 0 Å². The normalized spacial score (nSPS) is 28.9. The van der Waals surface area contributed by atoms with Crippen molar-refractivity contribution in [3.8, 4) is 0 Å². The van der Waals surface area contributed by atoms with Gasteiger partial charge in [-0.2, -0.15) is 5.10 Å². The van der Waals surface area contributed by atoms with Crippen molar-refractivity contribution >= 4 is 5.91 Å². The minimum atomic E-state index is -0.739. The molecule has 2 unspecified atom stereocenters. The van der Waals surface area contributed by atoms with Gasteiger partial charge in [-0.1, -0.05) is 19.8 Å². The Kier molecular flexibility index (Phi) is 3.47. The fraction of sp³-hybridized carbons (Fsp3) is 0.667. The van der Waals surface area contributed by atoms with Crippen LogP contribution in [-0.2, 0) is 0 Å². The summed E-state index contributed by atoms with van der Waals surface area (Å²) in [5.41, 5.74) is -0.241. The topological polar surface area (TPSA) is 78.0 Å². The molecule has 1 aliphatic rings. The first-order valence-electron chi connectivity index (χ1n) is 6.08. The fourth-order valence-electron chi connectivity index (χ4n) is 2.51. The average Bonchev–Trinajstić information content (AvgIpc) is 2.79. The molecule has 1 amide bonds. The molecule has 0 aliphatic heterocycles. The molecule has 1 aliphatic carbocycles. The molecule has 1 heterocycles. The number of nitrogens with one attached hydrogen (secondary N) is 2. The Balaban J connectivity index is 1.87. The number of carbonyl (C=O) groups excluding carboxylic acids is 1. The molecular weight excluding hydrogens is 218 g/mol. The summed E-state index contributed by atoms with van der Waals surface area (Å²) in [6, 6.07) is 0. The van der Waals surface area contributed by atoms with Crippen LogP contribution in [0.5, 0.6) is 0 Å². The first-order chi connectivity index (χ1) is 8.09. The molecule has 17 heavy (non-hydrogen) atoms. The summed E-state index contributed by atoms with van der Waals surface area (Å²) >= 11 is 0. The van der Waals surface area contributed by atoms with Crippen LogP contribution in [0.15, 0.2) is 12.4 Å². The predicted molar refractivity (Wildman–Crippen MR) is 63.5 cm³/mol. The van der Waals surface area contributed by atoms with E-state index in [4.69, 9.17) is 0 Å². The third-order valence-corrected chi connectivity index (χ3v) is 3.41. The number of nitrogens with zero attached hydrogens (tertiary/aromatic N) is 1. The standard InChI is InChI=1S/C12H19N3O2/c1-9-3-2-4-12(17,5-9)8-13-11(16)10-6-14-15-7-10/h6-7,9,17H,2-5,8H2,1H3,(H,13,16)(H,14,15). The summed E-state index contributed by atoms with van der Waals surface area (Å²) < 4.78 is 0. The van der Waals surface area contributed by atoms with Crippen molar-refractivity contribution in [2.24, 2.45) is 5.92 Å². The van der Waals surface area contributed by atoms with Gasteiger partial charge >= 0.3 is 0 Å². The second kappa shape index (κ2) is 4.87. The van der Waals surface area contributed by atoms with Gasteiger partial charge in [-0.15, -0.1) is 0 Å². The van der Waals surface area contributed by atoms with Gasteiger partial charge in [0.05, 0.1) is 17.4 Å². The molecule has 2 rings (SSSR count). The average molecular weight is 237 g/mol. The van der Waals surface area contributed by atoms with Gasteiger partial charge in [0.25, 0.3) is 5.91 Å². The monoisotopic (exact) mass is 237 g/mol. The smallest absolute Gasteiger partial charge is 0.254 e. The number of H-pyrrole nitrogens is 1. The largest absolute Gasteiger partial charge is 0.388 e. The zero-order valence-electron chi connectivity index (χ0n) is 10.1. The number of carbonyl (C=O) groups is 1. The Morgan fingerprint density at radius 3 is 3.24 bits per heavy atom. The summed E-state index contributed by atoms with van der Waals surface area (Å²) in [6.07, 6.45) is 6.74. The lowest BCUT2D eigenvalue weighted by molar-refractivity contribution is -0.0109. The second-order valence-electron chi connectivity index (χ2n) is 5.10. The third kappa shape index (κ3) is 3.06. The van der Waals surface area contributed by atoms with Crippen molar-refractivity contribution in [1.29, 1.82) is 0 Å². The number of amides is 1. The molecule has 1 aromatic heterocycles. The van der Waals surface area contributed by atoms with Gasteiger partial charge in [0.2, 0.25) is 0 Å². The van der Waals surface area contributed by atoms with Crippen LogP contribution in [0, 0.1) is 5.92 Å². The molecule has 0 saturated heterocycles.